The molecule has 1 aromatic carbocycles. The van der Waals surface area contributed by atoms with Crippen LogP contribution in [0.1, 0.15) is 22.8 Å². The van der Waals surface area contributed by atoms with Crippen LogP contribution in [-0.4, -0.2) is 46.0 Å². The molecule has 0 radical (unpaired) electrons. The minimum atomic E-state index is -0.101. The van der Waals surface area contributed by atoms with Crippen molar-refractivity contribution in [1.29, 1.82) is 0 Å². The van der Waals surface area contributed by atoms with Crippen LogP contribution in [0.3, 0.4) is 0 Å². The van der Waals surface area contributed by atoms with Gasteiger partial charge in [0.05, 0.1) is 17.9 Å². The molecule has 0 unspecified atom stereocenters. The van der Waals surface area contributed by atoms with E-state index in [4.69, 9.17) is 4.74 Å². The monoisotopic (exact) mass is 452 g/mol. The van der Waals surface area contributed by atoms with Gasteiger partial charge in [0.2, 0.25) is 0 Å². The molecule has 4 aromatic rings. The molecule has 1 amide bonds. The number of pyridine rings is 2. The lowest BCUT2D eigenvalue weighted by atomic mass is 10.1. The molecule has 0 atom stereocenters. The normalized spacial score (nSPS) is 12.7. The van der Waals surface area contributed by atoms with Crippen molar-refractivity contribution in [3.8, 4) is 16.9 Å². The fraction of sp³-hybridized carbons (Fsp3) is 0.192. The number of benzene rings is 1. The second kappa shape index (κ2) is 9.27. The van der Waals surface area contributed by atoms with Gasteiger partial charge in [-0.25, -0.2) is 19.9 Å². The molecular weight excluding hydrogens is 428 g/mol. The lowest BCUT2D eigenvalue weighted by Crippen LogP contribution is -2.25. The number of hydrogen-bond acceptors (Lipinski definition) is 7. The molecule has 0 bridgehead atoms. The Bertz CT molecular complexity index is 1310. The summed E-state index contributed by atoms with van der Waals surface area (Å²) in [5.41, 5.74) is 4.25. The third-order valence-corrected chi connectivity index (χ3v) is 5.82. The zero-order valence-electron chi connectivity index (χ0n) is 19.0. The first-order valence-electron chi connectivity index (χ1n) is 11.1. The van der Waals surface area contributed by atoms with E-state index in [1.165, 1.54) is 6.33 Å². The quantitative estimate of drug-likeness (QED) is 0.431. The van der Waals surface area contributed by atoms with Gasteiger partial charge in [0, 0.05) is 50.4 Å². The van der Waals surface area contributed by atoms with E-state index in [-0.39, 0.29) is 5.91 Å². The first kappa shape index (κ1) is 21.5. The van der Waals surface area contributed by atoms with Crippen LogP contribution in [0, 0.1) is 0 Å². The minimum absolute atomic E-state index is 0.101. The number of hydrogen-bond donors (Lipinski definition) is 0. The van der Waals surface area contributed by atoms with Crippen molar-refractivity contribution in [1.82, 2.24) is 19.9 Å². The Balaban J connectivity index is 1.31. The van der Waals surface area contributed by atoms with Crippen molar-refractivity contribution >= 4 is 23.2 Å². The molecule has 1 aliphatic heterocycles. The van der Waals surface area contributed by atoms with E-state index in [0.717, 1.165) is 33.9 Å². The maximum absolute atomic E-state index is 13.2. The summed E-state index contributed by atoms with van der Waals surface area (Å²) < 4.78 is 5.94. The average Bonchev–Trinajstić information content (AvgIpc) is 2.98. The second-order valence-corrected chi connectivity index (χ2v) is 7.92. The highest BCUT2D eigenvalue weighted by Gasteiger charge is 2.30. The van der Waals surface area contributed by atoms with Crippen molar-refractivity contribution in [3.05, 3.63) is 84.7 Å². The van der Waals surface area contributed by atoms with E-state index in [9.17, 15) is 4.79 Å². The lowest BCUT2D eigenvalue weighted by Gasteiger charge is -2.22. The number of nitrogens with zero attached hydrogens (tertiary/aromatic N) is 6. The van der Waals surface area contributed by atoms with Gasteiger partial charge in [-0.2, -0.15) is 0 Å². The molecule has 0 N–H and O–H groups in total. The van der Waals surface area contributed by atoms with Crippen LogP contribution < -0.4 is 14.5 Å². The topological polar surface area (TPSA) is 84.3 Å². The predicted molar refractivity (Wildman–Crippen MR) is 131 cm³/mol. The molecule has 1 aliphatic rings. The largest absolute Gasteiger partial charge is 0.493 e. The van der Waals surface area contributed by atoms with E-state index >= 15 is 0 Å². The van der Waals surface area contributed by atoms with Crippen LogP contribution in [0.15, 0.2) is 73.6 Å². The summed E-state index contributed by atoms with van der Waals surface area (Å²) in [6, 6.07) is 13.5. The number of fused-ring (bicyclic) bond motifs is 2. The number of carbonyl (C=O) groups excluding carboxylic acids is 1. The summed E-state index contributed by atoms with van der Waals surface area (Å²) in [7, 11) is 1.77. The number of aromatic nitrogens is 4. The fourth-order valence-corrected chi connectivity index (χ4v) is 4.04. The van der Waals surface area contributed by atoms with Gasteiger partial charge in [0.25, 0.3) is 5.91 Å². The number of anilines is 3. The summed E-state index contributed by atoms with van der Waals surface area (Å²) in [6.45, 7) is 3.15. The van der Waals surface area contributed by atoms with E-state index in [1.54, 1.807) is 30.5 Å². The lowest BCUT2D eigenvalue weighted by molar-refractivity contribution is 0.0994. The highest BCUT2D eigenvalue weighted by molar-refractivity contribution is 6.12. The zero-order valence-corrected chi connectivity index (χ0v) is 19.0. The van der Waals surface area contributed by atoms with Gasteiger partial charge in [0.15, 0.2) is 5.82 Å². The van der Waals surface area contributed by atoms with Crippen LogP contribution in [0.2, 0.25) is 0 Å². The van der Waals surface area contributed by atoms with Crippen molar-refractivity contribution in [2.75, 3.05) is 30.0 Å². The molecule has 4 heterocycles. The van der Waals surface area contributed by atoms with Crippen LogP contribution in [0.5, 0.6) is 5.75 Å². The van der Waals surface area contributed by atoms with Crippen LogP contribution in [-0.2, 0) is 6.42 Å². The molecule has 8 nitrogen and oxygen atoms in total. The Kier molecular flexibility index (Phi) is 5.86. The summed E-state index contributed by atoms with van der Waals surface area (Å²) in [5.74, 6) is 2.03. The van der Waals surface area contributed by atoms with Gasteiger partial charge in [-0.3, -0.25) is 4.79 Å². The molecule has 0 saturated carbocycles. The molecule has 3 aromatic heterocycles. The maximum Gasteiger partial charge on any atom is 0.261 e. The predicted octanol–water partition coefficient (Wildman–Crippen LogP) is 4.30. The smallest absolute Gasteiger partial charge is 0.261 e. The van der Waals surface area contributed by atoms with E-state index in [1.807, 2.05) is 60.5 Å². The molecule has 0 saturated heterocycles. The molecule has 0 aliphatic carbocycles. The van der Waals surface area contributed by atoms with Crippen molar-refractivity contribution < 1.29 is 9.53 Å². The van der Waals surface area contributed by atoms with Crippen molar-refractivity contribution in [2.24, 2.45) is 0 Å². The van der Waals surface area contributed by atoms with Crippen LogP contribution in [0.4, 0.5) is 17.3 Å². The highest BCUT2D eigenvalue weighted by atomic mass is 16.5. The molecule has 34 heavy (non-hydrogen) atoms. The number of rotatable bonds is 6. The third kappa shape index (κ3) is 4.05. The Morgan fingerprint density at radius 3 is 2.50 bits per heavy atom. The average molecular weight is 453 g/mol. The molecule has 0 spiro atoms. The van der Waals surface area contributed by atoms with Crippen molar-refractivity contribution in [3.63, 3.8) is 0 Å². The molecule has 170 valence electrons. The van der Waals surface area contributed by atoms with Gasteiger partial charge in [-0.15, -0.1) is 0 Å². The van der Waals surface area contributed by atoms with E-state index < -0.39 is 0 Å². The second-order valence-electron chi connectivity index (χ2n) is 7.92. The molecule has 0 fully saturated rings. The van der Waals surface area contributed by atoms with E-state index in [0.29, 0.717) is 31.0 Å². The molecule has 5 rings (SSSR count). The van der Waals surface area contributed by atoms with Crippen LogP contribution in [0.25, 0.3) is 11.1 Å². The fourth-order valence-electron chi connectivity index (χ4n) is 4.04. The molecular formula is C26H24N6O2. The van der Waals surface area contributed by atoms with Gasteiger partial charge in [-0.05, 0) is 48.4 Å². The van der Waals surface area contributed by atoms with Gasteiger partial charge >= 0.3 is 0 Å². The Morgan fingerprint density at radius 1 is 0.941 bits per heavy atom. The van der Waals surface area contributed by atoms with Gasteiger partial charge < -0.3 is 14.5 Å². The summed E-state index contributed by atoms with van der Waals surface area (Å²) in [5, 5.41) is 0. The zero-order chi connectivity index (χ0) is 23.5. The Hall–Kier alpha value is -4.33. The molecule has 8 heteroatoms. The van der Waals surface area contributed by atoms with Crippen LogP contribution >= 0.6 is 0 Å². The van der Waals surface area contributed by atoms with Crippen molar-refractivity contribution in [2.45, 2.75) is 13.3 Å². The number of carbonyl (C=O) groups is 1. The summed E-state index contributed by atoms with van der Waals surface area (Å²) in [6.07, 6.45) is 9.24. The highest BCUT2D eigenvalue weighted by Crippen LogP contribution is 2.37. The standard InChI is InChI=1S/C26H24N6O2/c1-3-32-24-22(26(33)31(2)23-5-4-11-29-25(23)32)13-18(14-30-24)10-12-34-21-8-6-19(7-9-21)20-15-27-17-28-16-20/h4-9,11,13-17H,3,10,12H2,1-2H3. The third-order valence-electron chi connectivity index (χ3n) is 5.82. The summed E-state index contributed by atoms with van der Waals surface area (Å²) in [4.78, 5) is 34.1. The minimum Gasteiger partial charge on any atom is -0.493 e. The first-order chi connectivity index (χ1) is 16.7. The number of amides is 1. The summed E-state index contributed by atoms with van der Waals surface area (Å²) >= 11 is 0. The Morgan fingerprint density at radius 2 is 1.74 bits per heavy atom. The van der Waals surface area contributed by atoms with Gasteiger partial charge in [-0.1, -0.05) is 12.1 Å². The Labute approximate surface area is 197 Å². The number of ether oxygens (including phenoxy) is 1. The SMILES string of the molecule is CCN1c2ncc(CCOc3ccc(-c4cncnc4)cc3)cc2C(=O)N(C)c2cccnc21. The first-order valence-corrected chi connectivity index (χ1v) is 11.1. The van der Waals surface area contributed by atoms with Gasteiger partial charge in [0.1, 0.15) is 17.9 Å². The maximum atomic E-state index is 13.2. The van der Waals surface area contributed by atoms with E-state index in [2.05, 4.69) is 19.9 Å².